The molecule has 0 aromatic heterocycles. The highest BCUT2D eigenvalue weighted by molar-refractivity contribution is 7.90. The molecular formula is C16H27NO3S. The van der Waals surface area contributed by atoms with Gasteiger partial charge in [0.05, 0.1) is 18.6 Å². The van der Waals surface area contributed by atoms with Crippen LogP contribution in [0, 0.1) is 5.92 Å². The third-order valence-electron chi connectivity index (χ3n) is 3.85. The zero-order chi connectivity index (χ0) is 16.0. The summed E-state index contributed by atoms with van der Waals surface area (Å²) in [5.74, 6) is 1.07. The highest BCUT2D eigenvalue weighted by atomic mass is 32.2. The van der Waals surface area contributed by atoms with E-state index in [0.717, 1.165) is 17.5 Å². The van der Waals surface area contributed by atoms with Crippen molar-refractivity contribution in [3.63, 3.8) is 0 Å². The number of rotatable bonds is 8. The van der Waals surface area contributed by atoms with Crippen molar-refractivity contribution < 1.29 is 13.2 Å². The Hall–Kier alpha value is -1.07. The van der Waals surface area contributed by atoms with Crippen LogP contribution in [0.3, 0.4) is 0 Å². The largest absolute Gasteiger partial charge is 0.496 e. The quantitative estimate of drug-likeness (QED) is 0.802. The van der Waals surface area contributed by atoms with Gasteiger partial charge in [-0.3, -0.25) is 0 Å². The molecule has 0 saturated heterocycles. The monoisotopic (exact) mass is 313 g/mol. The standard InChI is InChI=1S/C16H27NO3S/c1-6-12(2)10-21(18,19)11-15-9-14(13(3)17-4)7-8-16(15)20-5/h7-9,12-13,17H,6,10-11H2,1-5H3. The lowest BCUT2D eigenvalue weighted by atomic mass is 10.1. The Morgan fingerprint density at radius 3 is 2.48 bits per heavy atom. The Labute approximate surface area is 128 Å². The summed E-state index contributed by atoms with van der Waals surface area (Å²) in [5, 5.41) is 3.16. The SMILES string of the molecule is CCC(C)CS(=O)(=O)Cc1cc(C(C)NC)ccc1OC. The summed E-state index contributed by atoms with van der Waals surface area (Å²) in [6, 6.07) is 5.91. The van der Waals surface area contributed by atoms with Crippen molar-refractivity contribution in [2.75, 3.05) is 19.9 Å². The first-order valence-electron chi connectivity index (χ1n) is 7.37. The molecule has 120 valence electrons. The van der Waals surface area contributed by atoms with Crippen LogP contribution in [0.1, 0.15) is 44.4 Å². The fraction of sp³-hybridized carbons (Fsp3) is 0.625. The zero-order valence-corrected chi connectivity index (χ0v) is 14.5. The molecule has 0 saturated carbocycles. The second-order valence-electron chi connectivity index (χ2n) is 5.65. The summed E-state index contributed by atoms with van der Waals surface area (Å²) in [6.07, 6.45) is 0.868. The lowest BCUT2D eigenvalue weighted by molar-refractivity contribution is 0.410. The first kappa shape index (κ1) is 18.0. The number of ether oxygens (including phenoxy) is 1. The summed E-state index contributed by atoms with van der Waals surface area (Å²) >= 11 is 0. The van der Waals surface area contributed by atoms with Crippen molar-refractivity contribution in [3.05, 3.63) is 29.3 Å². The van der Waals surface area contributed by atoms with E-state index in [-0.39, 0.29) is 23.5 Å². The maximum absolute atomic E-state index is 12.3. The van der Waals surface area contributed by atoms with Gasteiger partial charge in [0.2, 0.25) is 0 Å². The number of benzene rings is 1. The van der Waals surface area contributed by atoms with Crippen LogP contribution in [0.4, 0.5) is 0 Å². The maximum Gasteiger partial charge on any atom is 0.154 e. The molecule has 0 radical (unpaired) electrons. The van der Waals surface area contributed by atoms with E-state index in [9.17, 15) is 8.42 Å². The molecule has 0 aliphatic carbocycles. The molecule has 0 heterocycles. The van der Waals surface area contributed by atoms with Gasteiger partial charge in [-0.2, -0.15) is 0 Å². The smallest absolute Gasteiger partial charge is 0.154 e. The first-order valence-corrected chi connectivity index (χ1v) is 9.19. The summed E-state index contributed by atoms with van der Waals surface area (Å²) < 4.78 is 29.9. The van der Waals surface area contributed by atoms with Crippen LogP contribution in [-0.2, 0) is 15.6 Å². The Balaban J connectivity index is 3.05. The summed E-state index contributed by atoms with van der Waals surface area (Å²) in [6.45, 7) is 6.02. The Kier molecular flexibility index (Phi) is 6.68. The zero-order valence-electron chi connectivity index (χ0n) is 13.6. The lowest BCUT2D eigenvalue weighted by Crippen LogP contribution is -2.17. The molecule has 0 bridgehead atoms. The van der Waals surface area contributed by atoms with Crippen LogP contribution >= 0.6 is 0 Å². The van der Waals surface area contributed by atoms with Gasteiger partial charge in [0.15, 0.2) is 9.84 Å². The molecule has 0 amide bonds. The summed E-state index contributed by atoms with van der Waals surface area (Å²) in [5.41, 5.74) is 1.80. The van der Waals surface area contributed by atoms with E-state index in [2.05, 4.69) is 5.32 Å². The number of nitrogens with one attached hydrogen (secondary N) is 1. The van der Waals surface area contributed by atoms with E-state index < -0.39 is 9.84 Å². The lowest BCUT2D eigenvalue weighted by Gasteiger charge is -2.16. The minimum absolute atomic E-state index is 0.0325. The van der Waals surface area contributed by atoms with Crippen LogP contribution in [-0.4, -0.2) is 28.3 Å². The van der Waals surface area contributed by atoms with E-state index in [4.69, 9.17) is 4.74 Å². The minimum Gasteiger partial charge on any atom is -0.496 e. The van der Waals surface area contributed by atoms with Crippen molar-refractivity contribution in [1.82, 2.24) is 5.32 Å². The van der Waals surface area contributed by atoms with Gasteiger partial charge in [-0.1, -0.05) is 26.3 Å². The molecule has 1 aromatic rings. The van der Waals surface area contributed by atoms with E-state index in [1.807, 2.05) is 46.0 Å². The molecule has 2 unspecified atom stereocenters. The summed E-state index contributed by atoms with van der Waals surface area (Å²) in [4.78, 5) is 0. The molecule has 4 nitrogen and oxygen atoms in total. The Morgan fingerprint density at radius 2 is 1.95 bits per heavy atom. The van der Waals surface area contributed by atoms with Gasteiger partial charge in [-0.25, -0.2) is 8.42 Å². The normalized spacial score (nSPS) is 14.7. The van der Waals surface area contributed by atoms with Crippen molar-refractivity contribution >= 4 is 9.84 Å². The second-order valence-corrected chi connectivity index (χ2v) is 7.76. The van der Waals surface area contributed by atoms with E-state index in [1.165, 1.54) is 0 Å². The van der Waals surface area contributed by atoms with E-state index in [0.29, 0.717) is 5.75 Å². The van der Waals surface area contributed by atoms with Gasteiger partial charge in [-0.15, -0.1) is 0 Å². The fourth-order valence-corrected chi connectivity index (χ4v) is 4.11. The average Bonchev–Trinajstić information content (AvgIpc) is 2.45. The molecule has 21 heavy (non-hydrogen) atoms. The van der Waals surface area contributed by atoms with Crippen molar-refractivity contribution in [3.8, 4) is 5.75 Å². The molecule has 0 fully saturated rings. The highest BCUT2D eigenvalue weighted by Gasteiger charge is 2.19. The van der Waals surface area contributed by atoms with Crippen molar-refractivity contribution in [2.45, 2.75) is 39.0 Å². The number of sulfone groups is 1. The molecule has 1 aromatic carbocycles. The fourth-order valence-electron chi connectivity index (χ4n) is 2.19. The van der Waals surface area contributed by atoms with Gasteiger partial charge >= 0.3 is 0 Å². The number of methoxy groups -OCH3 is 1. The van der Waals surface area contributed by atoms with Crippen LogP contribution in [0.2, 0.25) is 0 Å². The van der Waals surface area contributed by atoms with Gasteiger partial charge in [-0.05, 0) is 37.6 Å². The topological polar surface area (TPSA) is 55.4 Å². The van der Waals surface area contributed by atoms with Crippen LogP contribution in [0.15, 0.2) is 18.2 Å². The summed E-state index contributed by atoms with van der Waals surface area (Å²) in [7, 11) is 0.326. The average molecular weight is 313 g/mol. The Morgan fingerprint density at radius 1 is 1.29 bits per heavy atom. The first-order chi connectivity index (χ1) is 9.82. The second kappa shape index (κ2) is 7.80. The van der Waals surface area contributed by atoms with Crippen molar-refractivity contribution in [2.24, 2.45) is 5.92 Å². The van der Waals surface area contributed by atoms with E-state index >= 15 is 0 Å². The minimum atomic E-state index is -3.13. The van der Waals surface area contributed by atoms with Crippen LogP contribution in [0.25, 0.3) is 0 Å². The molecule has 1 N–H and O–H groups in total. The van der Waals surface area contributed by atoms with E-state index in [1.54, 1.807) is 7.11 Å². The molecule has 5 heteroatoms. The molecule has 2 atom stereocenters. The molecule has 0 spiro atoms. The predicted octanol–water partition coefficient (Wildman–Crippen LogP) is 2.94. The highest BCUT2D eigenvalue weighted by Crippen LogP contribution is 2.26. The number of hydrogen-bond acceptors (Lipinski definition) is 4. The molecule has 0 aliphatic heterocycles. The van der Waals surface area contributed by atoms with Gasteiger partial charge < -0.3 is 10.1 Å². The van der Waals surface area contributed by atoms with Crippen molar-refractivity contribution in [1.29, 1.82) is 0 Å². The third-order valence-corrected chi connectivity index (χ3v) is 5.68. The third kappa shape index (κ3) is 5.32. The van der Waals surface area contributed by atoms with Crippen LogP contribution in [0.5, 0.6) is 5.75 Å². The number of hydrogen-bond donors (Lipinski definition) is 1. The Bertz CT molecular complexity index is 555. The van der Waals surface area contributed by atoms with Crippen LogP contribution < -0.4 is 10.1 Å². The molecule has 0 aliphatic rings. The maximum atomic E-state index is 12.3. The molecule has 1 rings (SSSR count). The van der Waals surface area contributed by atoms with Gasteiger partial charge in [0, 0.05) is 11.6 Å². The molecular weight excluding hydrogens is 286 g/mol. The van der Waals surface area contributed by atoms with Gasteiger partial charge in [0.25, 0.3) is 0 Å². The predicted molar refractivity (Wildman–Crippen MR) is 87.4 cm³/mol. The van der Waals surface area contributed by atoms with Gasteiger partial charge in [0.1, 0.15) is 5.75 Å².